The standard InChI is InChI=1S/C17H16ClN3O/c1-11-6-4-5-7-14(11)21-15-10-12(18)8-9-13(15)16(20(2)3)19-17(21)22/h4-10H,1-3H3. The third-order valence-corrected chi connectivity index (χ3v) is 3.85. The lowest BCUT2D eigenvalue weighted by Crippen LogP contribution is -2.26. The summed E-state index contributed by atoms with van der Waals surface area (Å²) in [7, 11) is 3.74. The minimum absolute atomic E-state index is 0.312. The van der Waals surface area contributed by atoms with Gasteiger partial charge >= 0.3 is 5.69 Å². The van der Waals surface area contributed by atoms with Crippen molar-refractivity contribution in [2.75, 3.05) is 19.0 Å². The highest BCUT2D eigenvalue weighted by molar-refractivity contribution is 6.31. The van der Waals surface area contributed by atoms with Crippen molar-refractivity contribution in [3.05, 3.63) is 63.5 Å². The first-order chi connectivity index (χ1) is 10.5. The number of hydrogen-bond donors (Lipinski definition) is 0. The topological polar surface area (TPSA) is 38.1 Å². The fraction of sp³-hybridized carbons (Fsp3) is 0.176. The van der Waals surface area contributed by atoms with Crippen molar-refractivity contribution < 1.29 is 0 Å². The molecule has 0 saturated carbocycles. The maximum Gasteiger partial charge on any atom is 0.354 e. The first kappa shape index (κ1) is 14.6. The Bertz CT molecular complexity index is 915. The minimum Gasteiger partial charge on any atom is -0.362 e. The summed E-state index contributed by atoms with van der Waals surface area (Å²) < 4.78 is 1.61. The van der Waals surface area contributed by atoms with Crippen LogP contribution in [-0.4, -0.2) is 23.6 Å². The lowest BCUT2D eigenvalue weighted by Gasteiger charge is -2.18. The average Bonchev–Trinajstić information content (AvgIpc) is 2.47. The van der Waals surface area contributed by atoms with Crippen LogP contribution in [0.15, 0.2) is 47.3 Å². The Hall–Kier alpha value is -2.33. The van der Waals surface area contributed by atoms with Crippen LogP contribution in [0.25, 0.3) is 16.6 Å². The van der Waals surface area contributed by atoms with Gasteiger partial charge in [-0.2, -0.15) is 4.98 Å². The van der Waals surface area contributed by atoms with E-state index in [1.165, 1.54) is 0 Å². The minimum atomic E-state index is -0.312. The highest BCUT2D eigenvalue weighted by Crippen LogP contribution is 2.27. The number of halogens is 1. The van der Waals surface area contributed by atoms with Crippen molar-refractivity contribution in [3.63, 3.8) is 0 Å². The number of benzene rings is 2. The summed E-state index contributed by atoms with van der Waals surface area (Å²) in [6.07, 6.45) is 0. The molecule has 3 rings (SSSR count). The van der Waals surface area contributed by atoms with Gasteiger partial charge in [-0.05, 0) is 36.8 Å². The van der Waals surface area contributed by atoms with E-state index in [0.717, 1.165) is 22.2 Å². The smallest absolute Gasteiger partial charge is 0.354 e. The lowest BCUT2D eigenvalue weighted by atomic mass is 10.1. The number of aryl methyl sites for hydroxylation is 1. The molecule has 0 bridgehead atoms. The van der Waals surface area contributed by atoms with E-state index in [1.54, 1.807) is 10.6 Å². The molecule has 4 nitrogen and oxygen atoms in total. The van der Waals surface area contributed by atoms with E-state index in [4.69, 9.17) is 11.6 Å². The molecule has 0 aliphatic rings. The van der Waals surface area contributed by atoms with Gasteiger partial charge in [0.1, 0.15) is 5.82 Å². The number of nitrogens with zero attached hydrogens (tertiary/aromatic N) is 3. The fourth-order valence-electron chi connectivity index (χ4n) is 2.57. The molecule has 112 valence electrons. The Morgan fingerprint density at radius 1 is 1.14 bits per heavy atom. The van der Waals surface area contributed by atoms with Gasteiger partial charge < -0.3 is 4.90 Å². The van der Waals surface area contributed by atoms with Gasteiger partial charge in [-0.25, -0.2) is 4.79 Å². The lowest BCUT2D eigenvalue weighted by molar-refractivity contribution is 0.930. The van der Waals surface area contributed by atoms with Crippen molar-refractivity contribution in [1.29, 1.82) is 0 Å². The van der Waals surface area contributed by atoms with Crippen molar-refractivity contribution >= 4 is 28.3 Å². The molecular weight excluding hydrogens is 298 g/mol. The summed E-state index contributed by atoms with van der Waals surface area (Å²) in [5, 5.41) is 1.47. The summed E-state index contributed by atoms with van der Waals surface area (Å²) in [5.41, 5.74) is 2.26. The largest absolute Gasteiger partial charge is 0.362 e. The zero-order valence-electron chi connectivity index (χ0n) is 12.7. The molecule has 0 fully saturated rings. The summed E-state index contributed by atoms with van der Waals surface area (Å²) in [6.45, 7) is 1.97. The summed E-state index contributed by atoms with van der Waals surface area (Å²) in [6, 6.07) is 13.2. The number of para-hydroxylation sites is 1. The van der Waals surface area contributed by atoms with Crippen molar-refractivity contribution in [1.82, 2.24) is 9.55 Å². The molecule has 0 atom stereocenters. The maximum absolute atomic E-state index is 12.6. The molecule has 5 heteroatoms. The van der Waals surface area contributed by atoms with Crippen LogP contribution in [0.1, 0.15) is 5.56 Å². The molecule has 0 aliphatic heterocycles. The summed E-state index contributed by atoms with van der Waals surface area (Å²) in [5.74, 6) is 0.640. The molecule has 0 saturated heterocycles. The van der Waals surface area contributed by atoms with Crippen LogP contribution in [0.2, 0.25) is 5.02 Å². The molecule has 0 N–H and O–H groups in total. The van der Waals surface area contributed by atoms with Gasteiger partial charge in [0.15, 0.2) is 0 Å². The molecule has 22 heavy (non-hydrogen) atoms. The highest BCUT2D eigenvalue weighted by atomic mass is 35.5. The van der Waals surface area contributed by atoms with Crippen LogP contribution < -0.4 is 10.6 Å². The molecule has 0 aliphatic carbocycles. The van der Waals surface area contributed by atoms with Crippen LogP contribution >= 0.6 is 11.6 Å². The fourth-order valence-corrected chi connectivity index (χ4v) is 2.74. The van der Waals surface area contributed by atoms with Gasteiger partial charge in [0.2, 0.25) is 0 Å². The van der Waals surface area contributed by atoms with Crippen LogP contribution in [0, 0.1) is 6.92 Å². The summed E-state index contributed by atoms with van der Waals surface area (Å²) >= 11 is 6.15. The Kier molecular flexibility index (Phi) is 3.62. The van der Waals surface area contributed by atoms with Crippen LogP contribution in [0.4, 0.5) is 5.82 Å². The molecule has 3 aromatic rings. The second-order valence-corrected chi connectivity index (χ2v) is 5.83. The predicted octanol–water partition coefficient (Wildman–Crippen LogP) is 3.41. The van der Waals surface area contributed by atoms with Gasteiger partial charge in [-0.3, -0.25) is 4.57 Å². The Balaban J connectivity index is 2.48. The number of anilines is 1. The second kappa shape index (κ2) is 5.46. The van der Waals surface area contributed by atoms with Crippen molar-refractivity contribution in [2.24, 2.45) is 0 Å². The van der Waals surface area contributed by atoms with Gasteiger partial charge in [0.05, 0.1) is 11.2 Å². The van der Waals surface area contributed by atoms with Crippen molar-refractivity contribution in [2.45, 2.75) is 6.92 Å². The maximum atomic E-state index is 12.6. The SMILES string of the molecule is Cc1ccccc1-n1c(=O)nc(N(C)C)c2ccc(Cl)cc21. The molecule has 0 unspecified atom stereocenters. The van der Waals surface area contributed by atoms with Crippen molar-refractivity contribution in [3.8, 4) is 5.69 Å². The Morgan fingerprint density at radius 3 is 2.55 bits per heavy atom. The van der Waals surface area contributed by atoms with Gasteiger partial charge in [0.25, 0.3) is 0 Å². The zero-order valence-corrected chi connectivity index (χ0v) is 13.4. The van der Waals surface area contributed by atoms with Gasteiger partial charge in [-0.15, -0.1) is 0 Å². The molecule has 2 aromatic carbocycles. The van der Waals surface area contributed by atoms with Crippen LogP contribution in [0.5, 0.6) is 0 Å². The first-order valence-corrected chi connectivity index (χ1v) is 7.32. The molecule has 1 aromatic heterocycles. The van der Waals surface area contributed by atoms with E-state index in [2.05, 4.69) is 4.98 Å². The molecule has 0 spiro atoms. The number of fused-ring (bicyclic) bond motifs is 1. The molecule has 0 amide bonds. The van der Waals surface area contributed by atoms with E-state index in [1.807, 2.05) is 62.3 Å². The number of rotatable bonds is 2. The van der Waals surface area contributed by atoms with E-state index in [9.17, 15) is 4.79 Å². The normalized spacial score (nSPS) is 10.9. The molecular formula is C17H16ClN3O. The average molecular weight is 314 g/mol. The van der Waals surface area contributed by atoms with E-state index < -0.39 is 0 Å². The monoisotopic (exact) mass is 313 g/mol. The first-order valence-electron chi connectivity index (χ1n) is 6.94. The van der Waals surface area contributed by atoms with E-state index in [0.29, 0.717) is 10.8 Å². The number of hydrogen-bond acceptors (Lipinski definition) is 3. The quantitative estimate of drug-likeness (QED) is 0.727. The third-order valence-electron chi connectivity index (χ3n) is 3.61. The zero-order chi connectivity index (χ0) is 15.9. The Morgan fingerprint density at radius 2 is 1.86 bits per heavy atom. The second-order valence-electron chi connectivity index (χ2n) is 5.40. The van der Waals surface area contributed by atoms with E-state index >= 15 is 0 Å². The Labute approximate surface area is 133 Å². The van der Waals surface area contributed by atoms with Gasteiger partial charge in [0, 0.05) is 24.5 Å². The van der Waals surface area contributed by atoms with Crippen LogP contribution in [-0.2, 0) is 0 Å². The van der Waals surface area contributed by atoms with Crippen LogP contribution in [0.3, 0.4) is 0 Å². The predicted molar refractivity (Wildman–Crippen MR) is 91.4 cm³/mol. The number of aromatic nitrogens is 2. The van der Waals surface area contributed by atoms with Gasteiger partial charge in [-0.1, -0.05) is 29.8 Å². The molecule has 0 radical (unpaired) electrons. The summed E-state index contributed by atoms with van der Waals surface area (Å²) in [4.78, 5) is 18.7. The highest BCUT2D eigenvalue weighted by Gasteiger charge is 2.14. The molecule has 1 heterocycles. The third kappa shape index (κ3) is 2.35. The van der Waals surface area contributed by atoms with E-state index in [-0.39, 0.29) is 5.69 Å².